The van der Waals surface area contributed by atoms with Crippen molar-refractivity contribution in [3.8, 4) is 0 Å². The molecule has 2 heteroatoms. The molecule has 0 aliphatic heterocycles. The van der Waals surface area contributed by atoms with Crippen molar-refractivity contribution in [2.75, 3.05) is 32.8 Å². The van der Waals surface area contributed by atoms with E-state index in [9.17, 15) is 5.11 Å². The van der Waals surface area contributed by atoms with Crippen LogP contribution in [0, 0.1) is 0 Å². The lowest BCUT2D eigenvalue weighted by atomic mass is 10.1. The molecular weight excluding hydrogens is 234 g/mol. The maximum absolute atomic E-state index is 9.19. The standard InChI is InChI=1S/C17H38NO/c1-4-7-10-14-18(13-9-6-3,16-12-17-19)15-11-8-5-2/h19H,4-17H2,1-3H3/q+1. The molecule has 0 radical (unpaired) electrons. The second-order valence-corrected chi connectivity index (χ2v) is 6.08. The predicted molar refractivity (Wildman–Crippen MR) is 85.4 cm³/mol. The third-order valence-electron chi connectivity index (χ3n) is 4.25. The number of unbranched alkanes of at least 4 members (excludes halogenated alkanes) is 5. The molecule has 116 valence electrons. The highest BCUT2D eigenvalue weighted by atomic mass is 16.3. The third-order valence-corrected chi connectivity index (χ3v) is 4.25. The van der Waals surface area contributed by atoms with Crippen LogP contribution in [-0.4, -0.2) is 42.4 Å². The van der Waals surface area contributed by atoms with E-state index in [0.29, 0.717) is 6.61 Å². The van der Waals surface area contributed by atoms with Crippen molar-refractivity contribution >= 4 is 0 Å². The molecule has 0 aromatic heterocycles. The summed E-state index contributed by atoms with van der Waals surface area (Å²) >= 11 is 0. The van der Waals surface area contributed by atoms with E-state index >= 15 is 0 Å². The van der Waals surface area contributed by atoms with Crippen LogP contribution in [0.3, 0.4) is 0 Å². The molecule has 1 N–H and O–H groups in total. The van der Waals surface area contributed by atoms with Gasteiger partial charge in [0.05, 0.1) is 26.2 Å². The molecule has 0 rings (SSSR count). The quantitative estimate of drug-likeness (QED) is 0.368. The predicted octanol–water partition coefficient (Wildman–Crippen LogP) is 4.37. The lowest BCUT2D eigenvalue weighted by Crippen LogP contribution is -2.51. The largest absolute Gasteiger partial charge is 0.396 e. The van der Waals surface area contributed by atoms with Gasteiger partial charge in [-0.3, -0.25) is 0 Å². The molecule has 0 saturated carbocycles. The maximum atomic E-state index is 9.19. The van der Waals surface area contributed by atoms with E-state index in [0.717, 1.165) is 6.42 Å². The van der Waals surface area contributed by atoms with Crippen molar-refractivity contribution in [1.29, 1.82) is 0 Å². The first-order chi connectivity index (χ1) is 9.24. The lowest BCUT2D eigenvalue weighted by molar-refractivity contribution is -0.929. The fraction of sp³-hybridized carbons (Fsp3) is 1.00. The average Bonchev–Trinajstić information content (AvgIpc) is 2.43. The smallest absolute Gasteiger partial charge is 0.0808 e. The third kappa shape index (κ3) is 9.45. The van der Waals surface area contributed by atoms with Gasteiger partial charge in [0.2, 0.25) is 0 Å². The molecule has 0 aromatic rings. The summed E-state index contributed by atoms with van der Waals surface area (Å²) < 4.78 is 1.27. The molecule has 0 fully saturated rings. The molecular formula is C17H38NO+. The molecule has 0 atom stereocenters. The van der Waals surface area contributed by atoms with E-state index in [1.54, 1.807) is 0 Å². The van der Waals surface area contributed by atoms with Crippen molar-refractivity contribution in [1.82, 2.24) is 0 Å². The number of aliphatic hydroxyl groups is 1. The van der Waals surface area contributed by atoms with Crippen molar-refractivity contribution < 1.29 is 9.59 Å². The molecule has 0 aliphatic carbocycles. The van der Waals surface area contributed by atoms with Gasteiger partial charge >= 0.3 is 0 Å². The number of rotatable bonds is 14. The van der Waals surface area contributed by atoms with Crippen LogP contribution in [0.15, 0.2) is 0 Å². The maximum Gasteiger partial charge on any atom is 0.0808 e. The SMILES string of the molecule is CCCCC[N+](CCCC)(CCCO)CCCCC. The Bertz CT molecular complexity index is 162. The molecule has 0 aromatic carbocycles. The van der Waals surface area contributed by atoms with Gasteiger partial charge in [0.15, 0.2) is 0 Å². The number of hydrogen-bond acceptors (Lipinski definition) is 1. The van der Waals surface area contributed by atoms with Gasteiger partial charge in [-0.2, -0.15) is 0 Å². The van der Waals surface area contributed by atoms with E-state index in [1.165, 1.54) is 82.0 Å². The first kappa shape index (κ1) is 18.9. The van der Waals surface area contributed by atoms with Gasteiger partial charge in [0.1, 0.15) is 0 Å². The topological polar surface area (TPSA) is 20.2 Å². The zero-order valence-electron chi connectivity index (χ0n) is 13.8. The summed E-state index contributed by atoms with van der Waals surface area (Å²) in [4.78, 5) is 0. The lowest BCUT2D eigenvalue weighted by Gasteiger charge is -2.39. The van der Waals surface area contributed by atoms with Crippen molar-refractivity contribution in [3.63, 3.8) is 0 Å². The first-order valence-corrected chi connectivity index (χ1v) is 8.70. The van der Waals surface area contributed by atoms with Gasteiger partial charge < -0.3 is 9.59 Å². The van der Waals surface area contributed by atoms with E-state index in [2.05, 4.69) is 20.8 Å². The highest BCUT2D eigenvalue weighted by Crippen LogP contribution is 2.16. The Labute approximate surface area is 121 Å². The van der Waals surface area contributed by atoms with Gasteiger partial charge in [-0.15, -0.1) is 0 Å². The molecule has 0 amide bonds. The summed E-state index contributed by atoms with van der Waals surface area (Å²) in [6.45, 7) is 12.4. The van der Waals surface area contributed by atoms with Gasteiger partial charge in [-0.1, -0.05) is 40.0 Å². The highest BCUT2D eigenvalue weighted by Gasteiger charge is 2.25. The zero-order valence-corrected chi connectivity index (χ0v) is 13.8. The minimum absolute atomic E-state index is 0.355. The number of aliphatic hydroxyl groups excluding tert-OH is 1. The summed E-state index contributed by atoms with van der Waals surface area (Å²) in [7, 11) is 0. The van der Waals surface area contributed by atoms with Crippen LogP contribution in [0.5, 0.6) is 0 Å². The minimum Gasteiger partial charge on any atom is -0.396 e. The normalized spacial score (nSPS) is 12.0. The van der Waals surface area contributed by atoms with Crippen LogP contribution in [0.4, 0.5) is 0 Å². The van der Waals surface area contributed by atoms with E-state index in [-0.39, 0.29) is 0 Å². The fourth-order valence-corrected chi connectivity index (χ4v) is 2.96. The number of nitrogens with zero attached hydrogens (tertiary/aromatic N) is 1. The number of quaternary nitrogens is 1. The van der Waals surface area contributed by atoms with Crippen LogP contribution < -0.4 is 0 Å². The van der Waals surface area contributed by atoms with Crippen LogP contribution in [0.25, 0.3) is 0 Å². The van der Waals surface area contributed by atoms with E-state index in [1.807, 2.05) is 0 Å². The van der Waals surface area contributed by atoms with E-state index < -0.39 is 0 Å². The van der Waals surface area contributed by atoms with Crippen LogP contribution in [0.1, 0.15) is 78.6 Å². The molecule has 0 bridgehead atoms. The molecule has 0 spiro atoms. The second kappa shape index (κ2) is 12.9. The molecule has 0 heterocycles. The first-order valence-electron chi connectivity index (χ1n) is 8.70. The Kier molecular flexibility index (Phi) is 12.9. The summed E-state index contributed by atoms with van der Waals surface area (Å²) in [5.74, 6) is 0. The monoisotopic (exact) mass is 272 g/mol. The minimum atomic E-state index is 0.355. The summed E-state index contributed by atoms with van der Waals surface area (Å²) in [6, 6.07) is 0. The molecule has 2 nitrogen and oxygen atoms in total. The Morgan fingerprint density at radius 2 is 1.00 bits per heavy atom. The second-order valence-electron chi connectivity index (χ2n) is 6.08. The van der Waals surface area contributed by atoms with Gasteiger partial charge in [0, 0.05) is 13.0 Å². The van der Waals surface area contributed by atoms with E-state index in [4.69, 9.17) is 0 Å². The highest BCUT2D eigenvalue weighted by molar-refractivity contribution is 4.50. The summed E-state index contributed by atoms with van der Waals surface area (Å²) in [6.07, 6.45) is 11.7. The van der Waals surface area contributed by atoms with Gasteiger partial charge in [-0.05, 0) is 32.1 Å². The van der Waals surface area contributed by atoms with Crippen LogP contribution in [-0.2, 0) is 0 Å². The van der Waals surface area contributed by atoms with Crippen LogP contribution in [0.2, 0.25) is 0 Å². The molecule has 0 saturated heterocycles. The van der Waals surface area contributed by atoms with Gasteiger partial charge in [-0.25, -0.2) is 0 Å². The molecule has 19 heavy (non-hydrogen) atoms. The Balaban J connectivity index is 4.44. The zero-order chi connectivity index (χ0) is 14.4. The van der Waals surface area contributed by atoms with Crippen molar-refractivity contribution in [3.05, 3.63) is 0 Å². The van der Waals surface area contributed by atoms with Crippen molar-refractivity contribution in [2.45, 2.75) is 78.6 Å². The Morgan fingerprint density at radius 3 is 1.42 bits per heavy atom. The fourth-order valence-electron chi connectivity index (χ4n) is 2.96. The Morgan fingerprint density at radius 1 is 0.579 bits per heavy atom. The molecule has 0 unspecified atom stereocenters. The van der Waals surface area contributed by atoms with Crippen LogP contribution >= 0.6 is 0 Å². The summed E-state index contributed by atoms with van der Waals surface area (Å²) in [5, 5.41) is 9.19. The van der Waals surface area contributed by atoms with Gasteiger partial charge in [0.25, 0.3) is 0 Å². The summed E-state index contributed by atoms with van der Waals surface area (Å²) in [5.41, 5.74) is 0. The van der Waals surface area contributed by atoms with Crippen molar-refractivity contribution in [2.24, 2.45) is 0 Å². The Hall–Kier alpha value is -0.0800. The molecule has 0 aliphatic rings. The average molecular weight is 272 g/mol. The number of hydrogen-bond donors (Lipinski definition) is 1.